The molecule has 1 amide bonds. The third-order valence-corrected chi connectivity index (χ3v) is 2.33. The maximum Gasteiger partial charge on any atom is 0.410 e. The molecule has 0 spiro atoms. The number of rotatable bonds is 1. The highest BCUT2D eigenvalue weighted by atomic mass is 16.6. The van der Waals surface area contributed by atoms with Crippen molar-refractivity contribution in [3.8, 4) is 0 Å². The zero-order valence-corrected chi connectivity index (χ0v) is 9.80. The van der Waals surface area contributed by atoms with E-state index in [2.05, 4.69) is 4.98 Å². The van der Waals surface area contributed by atoms with Crippen LogP contribution in [0.3, 0.4) is 0 Å². The molecule has 1 aromatic rings. The molecule has 0 bridgehead atoms. The lowest BCUT2D eigenvalue weighted by atomic mass is 10.2. The molecule has 2 rings (SSSR count). The van der Waals surface area contributed by atoms with Gasteiger partial charge in [0.1, 0.15) is 5.60 Å². The maximum absolute atomic E-state index is 11.7. The number of hydrogen-bond donors (Lipinski definition) is 0. The van der Waals surface area contributed by atoms with Crippen LogP contribution in [0.2, 0.25) is 0 Å². The monoisotopic (exact) mass is 220 g/mol. The van der Waals surface area contributed by atoms with E-state index in [1.165, 1.54) is 0 Å². The summed E-state index contributed by atoms with van der Waals surface area (Å²) in [7, 11) is 0. The molecule has 0 aromatic carbocycles. The van der Waals surface area contributed by atoms with E-state index in [4.69, 9.17) is 4.74 Å². The fraction of sp³-hybridized carbons (Fsp3) is 0.500. The minimum Gasteiger partial charge on any atom is -0.444 e. The highest BCUT2D eigenvalue weighted by molar-refractivity contribution is 5.72. The van der Waals surface area contributed by atoms with E-state index in [0.29, 0.717) is 0 Å². The van der Waals surface area contributed by atoms with Gasteiger partial charge >= 0.3 is 6.09 Å². The van der Waals surface area contributed by atoms with E-state index >= 15 is 0 Å². The van der Waals surface area contributed by atoms with Crippen molar-refractivity contribution < 1.29 is 9.53 Å². The van der Waals surface area contributed by atoms with Crippen molar-refractivity contribution in [3.05, 3.63) is 30.1 Å². The normalized spacial score (nSPS) is 19.4. The Morgan fingerprint density at radius 2 is 2.06 bits per heavy atom. The number of carbonyl (C=O) groups is 1. The standard InChI is InChI=1S/C12H16N2O2/c1-12(2,3)16-11(15)14-8-10(14)9-4-6-13-7-5-9/h4-7,10H,8H2,1-3H3. The summed E-state index contributed by atoms with van der Waals surface area (Å²) < 4.78 is 5.28. The number of pyridine rings is 1. The molecule has 0 N–H and O–H groups in total. The second-order valence-electron chi connectivity index (χ2n) is 4.93. The Labute approximate surface area is 95.2 Å². The summed E-state index contributed by atoms with van der Waals surface area (Å²) in [5.74, 6) is 0. The summed E-state index contributed by atoms with van der Waals surface area (Å²) in [5.41, 5.74) is 0.684. The number of nitrogens with zero attached hydrogens (tertiary/aromatic N) is 2. The molecule has 0 radical (unpaired) electrons. The number of aromatic nitrogens is 1. The van der Waals surface area contributed by atoms with Gasteiger partial charge in [0.2, 0.25) is 0 Å². The average molecular weight is 220 g/mol. The minimum atomic E-state index is -0.428. The first kappa shape index (κ1) is 10.9. The van der Waals surface area contributed by atoms with Gasteiger partial charge in [-0.15, -0.1) is 0 Å². The maximum atomic E-state index is 11.7. The van der Waals surface area contributed by atoms with E-state index in [1.807, 2.05) is 32.9 Å². The largest absolute Gasteiger partial charge is 0.444 e. The Bertz CT molecular complexity index is 384. The number of carbonyl (C=O) groups excluding carboxylic acids is 1. The van der Waals surface area contributed by atoms with Gasteiger partial charge in [-0.05, 0) is 38.5 Å². The van der Waals surface area contributed by atoms with Crippen molar-refractivity contribution in [1.82, 2.24) is 9.88 Å². The van der Waals surface area contributed by atoms with Crippen molar-refractivity contribution in [3.63, 3.8) is 0 Å². The summed E-state index contributed by atoms with van der Waals surface area (Å²) >= 11 is 0. The molecule has 4 heteroatoms. The van der Waals surface area contributed by atoms with Crippen LogP contribution in [-0.4, -0.2) is 28.1 Å². The molecule has 1 aromatic heterocycles. The summed E-state index contributed by atoms with van der Waals surface area (Å²) in [6, 6.07) is 4.02. The molecular weight excluding hydrogens is 204 g/mol. The van der Waals surface area contributed by atoms with Gasteiger partial charge in [0.05, 0.1) is 6.04 Å². The van der Waals surface area contributed by atoms with E-state index in [1.54, 1.807) is 17.3 Å². The van der Waals surface area contributed by atoms with Gasteiger partial charge in [0.15, 0.2) is 0 Å². The van der Waals surface area contributed by atoms with Crippen molar-refractivity contribution in [2.45, 2.75) is 32.4 Å². The summed E-state index contributed by atoms with van der Waals surface area (Å²) in [6.45, 7) is 6.35. The Hall–Kier alpha value is -1.58. The van der Waals surface area contributed by atoms with Crippen LogP contribution in [0.5, 0.6) is 0 Å². The lowest BCUT2D eigenvalue weighted by Crippen LogP contribution is -2.27. The van der Waals surface area contributed by atoms with Gasteiger partial charge < -0.3 is 4.74 Å². The molecule has 1 aliphatic rings. The third-order valence-electron chi connectivity index (χ3n) is 2.33. The molecular formula is C12H16N2O2. The zero-order chi connectivity index (χ0) is 11.8. The zero-order valence-electron chi connectivity index (χ0n) is 9.80. The molecule has 2 heterocycles. The number of hydrogen-bond acceptors (Lipinski definition) is 3. The second kappa shape index (κ2) is 3.77. The molecule has 1 atom stereocenters. The van der Waals surface area contributed by atoms with Crippen molar-refractivity contribution in [2.24, 2.45) is 0 Å². The van der Waals surface area contributed by atoms with Crippen LogP contribution in [0.25, 0.3) is 0 Å². The van der Waals surface area contributed by atoms with E-state index in [-0.39, 0.29) is 12.1 Å². The topological polar surface area (TPSA) is 42.2 Å². The predicted octanol–water partition coefficient (Wildman–Crippen LogP) is 2.37. The smallest absolute Gasteiger partial charge is 0.410 e. The third kappa shape index (κ3) is 2.51. The first-order chi connectivity index (χ1) is 7.47. The summed E-state index contributed by atoms with van der Waals surface area (Å²) in [4.78, 5) is 17.4. The molecule has 1 saturated heterocycles. The molecule has 1 unspecified atom stereocenters. The Kier molecular flexibility index (Phi) is 2.58. The SMILES string of the molecule is CC(C)(C)OC(=O)N1CC1c1ccncc1. The van der Waals surface area contributed by atoms with Crippen molar-refractivity contribution >= 4 is 6.09 Å². The summed E-state index contributed by atoms with van der Waals surface area (Å²) in [5, 5.41) is 0. The van der Waals surface area contributed by atoms with Gasteiger partial charge in [-0.3, -0.25) is 9.88 Å². The highest BCUT2D eigenvalue weighted by Gasteiger charge is 2.41. The van der Waals surface area contributed by atoms with Crippen molar-refractivity contribution in [1.29, 1.82) is 0 Å². The Morgan fingerprint density at radius 3 is 2.62 bits per heavy atom. The van der Waals surface area contributed by atoms with Gasteiger partial charge in [0, 0.05) is 18.9 Å². The van der Waals surface area contributed by atoms with E-state index in [0.717, 1.165) is 12.1 Å². The number of amides is 1. The van der Waals surface area contributed by atoms with Crippen LogP contribution in [0.1, 0.15) is 32.4 Å². The molecule has 86 valence electrons. The second-order valence-corrected chi connectivity index (χ2v) is 4.93. The lowest BCUT2D eigenvalue weighted by molar-refractivity contribution is 0.0406. The fourth-order valence-corrected chi connectivity index (χ4v) is 1.53. The van der Waals surface area contributed by atoms with Gasteiger partial charge in [-0.25, -0.2) is 4.79 Å². The average Bonchev–Trinajstić information content (AvgIpc) is 2.96. The molecule has 16 heavy (non-hydrogen) atoms. The van der Waals surface area contributed by atoms with Crippen LogP contribution in [0, 0.1) is 0 Å². The van der Waals surface area contributed by atoms with E-state index in [9.17, 15) is 4.79 Å². The van der Waals surface area contributed by atoms with Gasteiger partial charge in [0.25, 0.3) is 0 Å². The Balaban J connectivity index is 1.95. The molecule has 0 aliphatic carbocycles. The van der Waals surface area contributed by atoms with Crippen LogP contribution in [-0.2, 0) is 4.74 Å². The lowest BCUT2D eigenvalue weighted by Gasteiger charge is -2.19. The van der Waals surface area contributed by atoms with E-state index < -0.39 is 5.60 Å². The minimum absolute atomic E-state index is 0.165. The first-order valence-corrected chi connectivity index (χ1v) is 5.37. The molecule has 4 nitrogen and oxygen atoms in total. The molecule has 1 fully saturated rings. The first-order valence-electron chi connectivity index (χ1n) is 5.37. The van der Waals surface area contributed by atoms with Crippen molar-refractivity contribution in [2.75, 3.05) is 6.54 Å². The van der Waals surface area contributed by atoms with Crippen LogP contribution < -0.4 is 0 Å². The fourth-order valence-electron chi connectivity index (χ4n) is 1.53. The van der Waals surface area contributed by atoms with Gasteiger partial charge in [-0.2, -0.15) is 0 Å². The van der Waals surface area contributed by atoms with Gasteiger partial charge in [-0.1, -0.05) is 0 Å². The summed E-state index contributed by atoms with van der Waals surface area (Å²) in [6.07, 6.45) is 3.23. The molecule has 0 saturated carbocycles. The highest BCUT2D eigenvalue weighted by Crippen LogP contribution is 2.35. The predicted molar refractivity (Wildman–Crippen MR) is 59.9 cm³/mol. The van der Waals surface area contributed by atoms with Crippen LogP contribution in [0.15, 0.2) is 24.5 Å². The molecule has 1 aliphatic heterocycles. The quantitative estimate of drug-likeness (QED) is 0.682. The number of ether oxygens (including phenoxy) is 1. The van der Waals surface area contributed by atoms with Crippen LogP contribution in [0.4, 0.5) is 4.79 Å². The van der Waals surface area contributed by atoms with Crippen LogP contribution >= 0.6 is 0 Å². The Morgan fingerprint density at radius 1 is 1.44 bits per heavy atom.